The van der Waals surface area contributed by atoms with Gasteiger partial charge in [0.15, 0.2) is 0 Å². The summed E-state index contributed by atoms with van der Waals surface area (Å²) in [6, 6.07) is -3.94. The number of likely N-dealkylation sites (tertiary alicyclic amines) is 1. The molecule has 2 N–H and O–H groups in total. The van der Waals surface area contributed by atoms with Crippen LogP contribution in [-0.2, 0) is 24.4 Å². The fourth-order valence-electron chi connectivity index (χ4n) is 7.57. The van der Waals surface area contributed by atoms with E-state index in [0.717, 1.165) is 19.3 Å². The molecule has 4 saturated carbocycles. The molecule has 8 nitrogen and oxygen atoms in total. The van der Waals surface area contributed by atoms with E-state index in [9.17, 15) is 36.0 Å². The summed E-state index contributed by atoms with van der Waals surface area (Å²) in [5, 5.41) is 2.21. The number of Topliss-reactive ketones (excluding diaryl/α,β-unsaturated/α-hetero) is 1. The first-order valence-electron chi connectivity index (χ1n) is 13.8. The van der Waals surface area contributed by atoms with Crippen LogP contribution in [0, 0.1) is 29.6 Å². The van der Waals surface area contributed by atoms with Gasteiger partial charge in [0.05, 0.1) is 10.8 Å². The Bertz CT molecular complexity index is 1020. The number of rotatable bonds is 9. The Balaban J connectivity index is 1.50. The lowest BCUT2D eigenvalue weighted by Crippen LogP contribution is -2.62. The monoisotopic (exact) mass is 563 g/mol. The molecular formula is C26H40F3N3O5S. The molecule has 5 rings (SSSR count). The van der Waals surface area contributed by atoms with Crippen molar-refractivity contribution in [2.45, 2.75) is 108 Å². The summed E-state index contributed by atoms with van der Waals surface area (Å²) < 4.78 is 68.7. The predicted molar refractivity (Wildman–Crippen MR) is 134 cm³/mol. The van der Waals surface area contributed by atoms with Crippen LogP contribution in [0.25, 0.3) is 0 Å². The van der Waals surface area contributed by atoms with Gasteiger partial charge in [-0.05, 0) is 81.0 Å². The number of hydrogen-bond acceptors (Lipinski definition) is 5. The van der Waals surface area contributed by atoms with Crippen molar-refractivity contribution in [3.63, 3.8) is 0 Å². The SMILES string of the molecule is CC(C)C(NC(=O)C1CCCN1C(=O)[C@@H](NS(=O)(=O)C12CC3CC(CC(C3)C1)C2)C(C)C)C(=O)C(F)(F)F. The minimum absolute atomic E-state index is 0.179. The molecule has 0 radical (unpaired) electrons. The van der Waals surface area contributed by atoms with E-state index >= 15 is 0 Å². The van der Waals surface area contributed by atoms with Crippen molar-refractivity contribution in [1.82, 2.24) is 14.9 Å². The lowest BCUT2D eigenvalue weighted by Gasteiger charge is -2.56. The first kappa shape index (κ1) is 29.3. The molecule has 1 saturated heterocycles. The van der Waals surface area contributed by atoms with Gasteiger partial charge in [-0.25, -0.2) is 13.1 Å². The summed E-state index contributed by atoms with van der Waals surface area (Å²) in [5.41, 5.74) is 0. The molecule has 3 atom stereocenters. The highest BCUT2D eigenvalue weighted by Crippen LogP contribution is 2.58. The van der Waals surface area contributed by atoms with E-state index in [-0.39, 0.29) is 13.0 Å². The molecule has 4 aliphatic carbocycles. The Morgan fingerprint density at radius 3 is 1.84 bits per heavy atom. The van der Waals surface area contributed by atoms with E-state index in [2.05, 4.69) is 10.0 Å². The molecule has 2 unspecified atom stereocenters. The zero-order chi connectivity index (χ0) is 28.2. The molecule has 38 heavy (non-hydrogen) atoms. The van der Waals surface area contributed by atoms with Crippen LogP contribution < -0.4 is 10.0 Å². The van der Waals surface area contributed by atoms with Crippen LogP contribution in [0.15, 0.2) is 0 Å². The fraction of sp³-hybridized carbons (Fsp3) is 0.885. The van der Waals surface area contributed by atoms with Gasteiger partial charge in [-0.1, -0.05) is 27.7 Å². The zero-order valence-corrected chi connectivity index (χ0v) is 23.3. The molecule has 0 spiro atoms. The molecule has 4 bridgehead atoms. The summed E-state index contributed by atoms with van der Waals surface area (Å²) in [7, 11) is -3.86. The van der Waals surface area contributed by atoms with Crippen LogP contribution in [0.5, 0.6) is 0 Å². The molecule has 5 aliphatic rings. The maximum Gasteiger partial charge on any atom is 0.452 e. The first-order valence-corrected chi connectivity index (χ1v) is 15.3. The largest absolute Gasteiger partial charge is 0.452 e. The minimum Gasteiger partial charge on any atom is -0.344 e. The number of ketones is 1. The third-order valence-electron chi connectivity index (χ3n) is 9.13. The number of nitrogens with zero attached hydrogens (tertiary/aromatic N) is 1. The van der Waals surface area contributed by atoms with Crippen molar-refractivity contribution in [3.8, 4) is 0 Å². The van der Waals surface area contributed by atoms with Crippen LogP contribution in [0.1, 0.15) is 79.1 Å². The minimum atomic E-state index is -5.11. The Morgan fingerprint density at radius 2 is 1.39 bits per heavy atom. The lowest BCUT2D eigenvalue weighted by molar-refractivity contribution is -0.175. The van der Waals surface area contributed by atoms with E-state index in [1.807, 2.05) is 0 Å². The Morgan fingerprint density at radius 1 is 0.895 bits per heavy atom. The van der Waals surface area contributed by atoms with Crippen molar-refractivity contribution in [3.05, 3.63) is 0 Å². The van der Waals surface area contributed by atoms with Crippen molar-refractivity contribution in [1.29, 1.82) is 0 Å². The van der Waals surface area contributed by atoms with Gasteiger partial charge in [-0.2, -0.15) is 13.2 Å². The van der Waals surface area contributed by atoms with E-state index in [1.54, 1.807) is 13.8 Å². The molecule has 0 aromatic heterocycles. The molecular weight excluding hydrogens is 523 g/mol. The second-order valence-corrected chi connectivity index (χ2v) is 14.8. The molecule has 0 aromatic rings. The summed E-state index contributed by atoms with van der Waals surface area (Å²) >= 11 is 0. The molecule has 1 heterocycles. The highest BCUT2D eigenvalue weighted by molar-refractivity contribution is 7.91. The lowest BCUT2D eigenvalue weighted by atomic mass is 9.56. The molecule has 1 aliphatic heterocycles. The second-order valence-electron chi connectivity index (χ2n) is 12.7. The highest BCUT2D eigenvalue weighted by atomic mass is 32.2. The van der Waals surface area contributed by atoms with Crippen molar-refractivity contribution < 1.29 is 36.0 Å². The Kier molecular flexibility index (Phi) is 8.00. The van der Waals surface area contributed by atoms with E-state index in [0.29, 0.717) is 43.4 Å². The summed E-state index contributed by atoms with van der Waals surface area (Å²) in [5.74, 6) is -3.48. The summed E-state index contributed by atoms with van der Waals surface area (Å²) in [4.78, 5) is 39.9. The van der Waals surface area contributed by atoms with Gasteiger partial charge in [0.1, 0.15) is 12.1 Å². The Hall–Kier alpha value is -1.69. The van der Waals surface area contributed by atoms with Gasteiger partial charge >= 0.3 is 6.18 Å². The molecule has 5 fully saturated rings. The third kappa shape index (κ3) is 5.48. The van der Waals surface area contributed by atoms with E-state index in [1.165, 1.54) is 18.7 Å². The number of sulfonamides is 1. The van der Waals surface area contributed by atoms with Crippen molar-refractivity contribution >= 4 is 27.6 Å². The second kappa shape index (κ2) is 10.4. The van der Waals surface area contributed by atoms with Crippen molar-refractivity contribution in [2.24, 2.45) is 29.6 Å². The topological polar surface area (TPSA) is 113 Å². The number of halogens is 3. The maximum atomic E-state index is 13.8. The van der Waals surface area contributed by atoms with Gasteiger partial charge in [-0.3, -0.25) is 14.4 Å². The average molecular weight is 564 g/mol. The van der Waals surface area contributed by atoms with Crippen LogP contribution in [-0.4, -0.2) is 66.5 Å². The standard InChI is InChI=1S/C26H40F3N3O5S/c1-14(2)20(22(33)26(27,28)29)30-23(34)19-6-5-7-32(19)24(35)21(15(3)4)31-38(36,37)25-11-16-8-17(12-25)10-18(9-16)13-25/h14-21,31H,5-13H2,1-4H3,(H,30,34)/t16?,17?,18?,19?,20?,21-,25?/m0/s1. The van der Waals surface area contributed by atoms with Gasteiger partial charge in [0.2, 0.25) is 21.8 Å². The van der Waals surface area contributed by atoms with Gasteiger partial charge in [0, 0.05) is 6.54 Å². The number of carbonyl (C=O) groups is 3. The molecule has 0 aromatic carbocycles. The van der Waals surface area contributed by atoms with Crippen LogP contribution in [0.2, 0.25) is 0 Å². The number of carbonyl (C=O) groups excluding carboxylic acids is 3. The fourth-order valence-corrected chi connectivity index (χ4v) is 9.89. The quantitative estimate of drug-likeness (QED) is 0.448. The van der Waals surface area contributed by atoms with E-state index in [4.69, 9.17) is 0 Å². The maximum absolute atomic E-state index is 13.8. The van der Waals surface area contributed by atoms with E-state index < -0.39 is 68.5 Å². The normalized spacial score (nSPS) is 32.6. The number of nitrogens with one attached hydrogen (secondary N) is 2. The highest BCUT2D eigenvalue weighted by Gasteiger charge is 2.58. The zero-order valence-electron chi connectivity index (χ0n) is 22.5. The number of amides is 2. The average Bonchev–Trinajstić information content (AvgIpc) is 3.28. The third-order valence-corrected chi connectivity index (χ3v) is 11.3. The van der Waals surface area contributed by atoms with Crippen molar-refractivity contribution in [2.75, 3.05) is 6.54 Å². The molecule has 12 heteroatoms. The molecule has 216 valence electrons. The van der Waals surface area contributed by atoms with Gasteiger partial charge < -0.3 is 10.2 Å². The number of alkyl halides is 3. The van der Waals surface area contributed by atoms with Gasteiger partial charge in [0.25, 0.3) is 5.78 Å². The number of hydrogen-bond donors (Lipinski definition) is 2. The summed E-state index contributed by atoms with van der Waals surface area (Å²) in [6.45, 7) is 6.44. The van der Waals surface area contributed by atoms with Crippen LogP contribution >= 0.6 is 0 Å². The smallest absolute Gasteiger partial charge is 0.344 e. The summed E-state index contributed by atoms with van der Waals surface area (Å²) in [6.07, 6.45) is 0.570. The Labute approximate surface area is 222 Å². The van der Waals surface area contributed by atoms with Gasteiger partial charge in [-0.15, -0.1) is 0 Å². The first-order chi connectivity index (χ1) is 17.5. The molecule has 2 amide bonds. The van der Waals surface area contributed by atoms with Crippen LogP contribution in [0.4, 0.5) is 13.2 Å². The van der Waals surface area contributed by atoms with Crippen LogP contribution in [0.3, 0.4) is 0 Å². The predicted octanol–water partition coefficient (Wildman–Crippen LogP) is 3.16.